The molecule has 2 aromatic carbocycles. The molecule has 106 valence electrons. The Bertz CT molecular complexity index is 647. The molecule has 3 rings (SSSR count). The van der Waals surface area contributed by atoms with E-state index in [1.807, 2.05) is 60.7 Å². The first-order valence-electron chi connectivity index (χ1n) is 6.95. The van der Waals surface area contributed by atoms with E-state index < -0.39 is 0 Å². The second kappa shape index (κ2) is 5.83. The molecule has 0 radical (unpaired) electrons. The number of allylic oxidation sites excluding steroid dienone is 1. The van der Waals surface area contributed by atoms with Crippen LogP contribution in [0.5, 0.6) is 5.75 Å². The summed E-state index contributed by atoms with van der Waals surface area (Å²) >= 11 is 0. The van der Waals surface area contributed by atoms with E-state index >= 15 is 0 Å². The summed E-state index contributed by atoms with van der Waals surface area (Å²) in [5.74, 6) is 0.745. The van der Waals surface area contributed by atoms with Crippen LogP contribution >= 0.6 is 0 Å². The quantitative estimate of drug-likeness (QED) is 0.932. The molecule has 0 heterocycles. The van der Waals surface area contributed by atoms with Gasteiger partial charge >= 0.3 is 0 Å². The van der Waals surface area contributed by atoms with Crippen molar-refractivity contribution < 1.29 is 9.53 Å². The van der Waals surface area contributed by atoms with Crippen molar-refractivity contribution >= 4 is 11.5 Å². The average Bonchev–Trinajstić information content (AvgIpc) is 2.89. The standard InChI is InChI=1S/C18H17NO2/c1-21-15-9-7-13(8-10-15)18-16(11-12-17(18)20)19-14-5-3-2-4-6-14/h2-12,16,18-19H,1H3/t16-,18+/m1/s1. The van der Waals surface area contributed by atoms with Gasteiger partial charge in [-0.2, -0.15) is 0 Å². The summed E-state index contributed by atoms with van der Waals surface area (Å²) in [4.78, 5) is 12.2. The fourth-order valence-corrected chi connectivity index (χ4v) is 2.63. The maximum Gasteiger partial charge on any atom is 0.165 e. The highest BCUT2D eigenvalue weighted by Crippen LogP contribution is 2.30. The Morgan fingerprint density at radius 3 is 2.38 bits per heavy atom. The summed E-state index contributed by atoms with van der Waals surface area (Å²) in [5.41, 5.74) is 2.01. The number of ether oxygens (including phenoxy) is 1. The monoisotopic (exact) mass is 279 g/mol. The fourth-order valence-electron chi connectivity index (χ4n) is 2.63. The van der Waals surface area contributed by atoms with Crippen LogP contribution in [-0.2, 0) is 4.79 Å². The van der Waals surface area contributed by atoms with Crippen LogP contribution in [0.1, 0.15) is 11.5 Å². The van der Waals surface area contributed by atoms with Gasteiger partial charge < -0.3 is 10.1 Å². The van der Waals surface area contributed by atoms with E-state index in [4.69, 9.17) is 4.74 Å². The highest BCUT2D eigenvalue weighted by molar-refractivity contribution is 5.99. The fraction of sp³-hybridized carbons (Fsp3) is 0.167. The van der Waals surface area contributed by atoms with E-state index in [0.29, 0.717) is 0 Å². The molecule has 0 saturated carbocycles. The highest BCUT2D eigenvalue weighted by atomic mass is 16.5. The molecule has 3 heteroatoms. The first kappa shape index (κ1) is 13.4. The van der Waals surface area contributed by atoms with E-state index in [2.05, 4.69) is 5.32 Å². The lowest BCUT2D eigenvalue weighted by Crippen LogP contribution is -2.25. The molecule has 3 nitrogen and oxygen atoms in total. The molecule has 2 aromatic rings. The molecule has 0 amide bonds. The average molecular weight is 279 g/mol. The molecule has 2 atom stereocenters. The van der Waals surface area contributed by atoms with Crippen LogP contribution in [0.2, 0.25) is 0 Å². The zero-order chi connectivity index (χ0) is 14.7. The minimum atomic E-state index is -0.184. The van der Waals surface area contributed by atoms with Gasteiger partial charge in [0.15, 0.2) is 5.78 Å². The molecule has 0 saturated heterocycles. The van der Waals surface area contributed by atoms with Crippen LogP contribution in [0.15, 0.2) is 66.7 Å². The normalized spacial score (nSPS) is 20.5. The van der Waals surface area contributed by atoms with Crippen LogP contribution in [0.4, 0.5) is 5.69 Å². The Kier molecular flexibility index (Phi) is 3.73. The molecular weight excluding hydrogens is 262 g/mol. The second-order valence-electron chi connectivity index (χ2n) is 5.05. The largest absolute Gasteiger partial charge is 0.497 e. The van der Waals surface area contributed by atoms with Gasteiger partial charge in [-0.1, -0.05) is 36.4 Å². The van der Waals surface area contributed by atoms with E-state index in [1.165, 1.54) is 0 Å². The van der Waals surface area contributed by atoms with Gasteiger partial charge in [0.1, 0.15) is 5.75 Å². The molecule has 1 aliphatic rings. The summed E-state index contributed by atoms with van der Waals surface area (Å²) in [6.45, 7) is 0. The maximum absolute atomic E-state index is 12.2. The predicted octanol–water partition coefficient (Wildman–Crippen LogP) is 3.40. The van der Waals surface area contributed by atoms with Gasteiger partial charge in [0, 0.05) is 5.69 Å². The zero-order valence-corrected chi connectivity index (χ0v) is 11.8. The number of para-hydroxylation sites is 1. The number of rotatable bonds is 4. The van der Waals surface area contributed by atoms with Crippen molar-refractivity contribution in [3.8, 4) is 5.75 Å². The van der Waals surface area contributed by atoms with Crippen molar-refractivity contribution in [2.75, 3.05) is 12.4 Å². The van der Waals surface area contributed by atoms with Gasteiger partial charge in [0.05, 0.1) is 19.1 Å². The highest BCUT2D eigenvalue weighted by Gasteiger charge is 2.31. The third-order valence-corrected chi connectivity index (χ3v) is 3.72. The number of nitrogens with one attached hydrogen (secondary N) is 1. The number of carbonyl (C=O) groups is 1. The molecule has 0 bridgehead atoms. The molecule has 0 aromatic heterocycles. The smallest absolute Gasteiger partial charge is 0.165 e. The van der Waals surface area contributed by atoms with Crippen molar-refractivity contribution in [1.29, 1.82) is 0 Å². The van der Waals surface area contributed by atoms with Crippen molar-refractivity contribution in [2.24, 2.45) is 0 Å². The predicted molar refractivity (Wildman–Crippen MR) is 83.7 cm³/mol. The number of hydrogen-bond acceptors (Lipinski definition) is 3. The van der Waals surface area contributed by atoms with Gasteiger partial charge in [-0.05, 0) is 35.9 Å². The molecule has 21 heavy (non-hydrogen) atoms. The van der Waals surface area contributed by atoms with E-state index in [0.717, 1.165) is 17.0 Å². The van der Waals surface area contributed by atoms with Gasteiger partial charge in [0.25, 0.3) is 0 Å². The Morgan fingerprint density at radius 2 is 1.71 bits per heavy atom. The third-order valence-electron chi connectivity index (χ3n) is 3.72. The molecular formula is C18H17NO2. The molecule has 0 fully saturated rings. The molecule has 0 spiro atoms. The Hall–Kier alpha value is -2.55. The number of carbonyl (C=O) groups excluding carboxylic acids is 1. The lowest BCUT2D eigenvalue weighted by atomic mass is 9.92. The van der Waals surface area contributed by atoms with Crippen molar-refractivity contribution in [2.45, 2.75) is 12.0 Å². The van der Waals surface area contributed by atoms with Crippen LogP contribution in [0, 0.1) is 0 Å². The molecule has 1 N–H and O–H groups in total. The number of ketones is 1. The second-order valence-corrected chi connectivity index (χ2v) is 5.05. The zero-order valence-electron chi connectivity index (χ0n) is 11.8. The van der Waals surface area contributed by atoms with E-state index in [1.54, 1.807) is 13.2 Å². The number of anilines is 1. The van der Waals surface area contributed by atoms with Crippen LogP contribution in [0.25, 0.3) is 0 Å². The van der Waals surface area contributed by atoms with Gasteiger partial charge in [-0.15, -0.1) is 0 Å². The van der Waals surface area contributed by atoms with Crippen molar-refractivity contribution in [3.63, 3.8) is 0 Å². The number of benzene rings is 2. The van der Waals surface area contributed by atoms with Gasteiger partial charge in [-0.25, -0.2) is 0 Å². The lowest BCUT2D eigenvalue weighted by Gasteiger charge is -2.21. The topological polar surface area (TPSA) is 38.3 Å². The van der Waals surface area contributed by atoms with E-state index in [9.17, 15) is 4.79 Å². The SMILES string of the molecule is COc1ccc([C@@H]2C(=O)C=C[C@H]2Nc2ccccc2)cc1. The van der Waals surface area contributed by atoms with Crippen LogP contribution < -0.4 is 10.1 Å². The van der Waals surface area contributed by atoms with E-state index in [-0.39, 0.29) is 17.7 Å². The minimum absolute atomic E-state index is 0.0201. The summed E-state index contributed by atoms with van der Waals surface area (Å²) in [6.07, 6.45) is 3.60. The minimum Gasteiger partial charge on any atom is -0.497 e. The summed E-state index contributed by atoms with van der Waals surface area (Å²) < 4.78 is 5.16. The van der Waals surface area contributed by atoms with Gasteiger partial charge in [0.2, 0.25) is 0 Å². The van der Waals surface area contributed by atoms with Crippen molar-refractivity contribution in [3.05, 3.63) is 72.3 Å². The first-order valence-corrected chi connectivity index (χ1v) is 6.95. The van der Waals surface area contributed by atoms with Gasteiger partial charge in [-0.3, -0.25) is 4.79 Å². The summed E-state index contributed by atoms with van der Waals surface area (Å²) in [5, 5.41) is 3.41. The number of methoxy groups -OCH3 is 1. The van der Waals surface area contributed by atoms with Crippen LogP contribution in [-0.4, -0.2) is 18.9 Å². The third kappa shape index (κ3) is 2.82. The maximum atomic E-state index is 12.2. The lowest BCUT2D eigenvalue weighted by molar-refractivity contribution is -0.115. The summed E-state index contributed by atoms with van der Waals surface area (Å²) in [6, 6.07) is 17.6. The molecule has 0 aliphatic heterocycles. The summed E-state index contributed by atoms with van der Waals surface area (Å²) in [7, 11) is 1.64. The number of hydrogen-bond donors (Lipinski definition) is 1. The first-order chi connectivity index (χ1) is 10.3. The Balaban J connectivity index is 1.83. The molecule has 1 aliphatic carbocycles. The Morgan fingerprint density at radius 1 is 1.00 bits per heavy atom. The van der Waals surface area contributed by atoms with Crippen LogP contribution in [0.3, 0.4) is 0 Å². The Labute approximate surface area is 124 Å². The molecule has 0 unspecified atom stereocenters. The van der Waals surface area contributed by atoms with Crippen molar-refractivity contribution in [1.82, 2.24) is 0 Å².